The molecule has 6 aliphatic rings. The predicted octanol–water partition coefficient (Wildman–Crippen LogP) is 2.98. The van der Waals surface area contributed by atoms with E-state index in [0.29, 0.717) is 19.3 Å². The molecule has 2 saturated heterocycles. The van der Waals surface area contributed by atoms with Crippen molar-refractivity contribution in [1.29, 1.82) is 0 Å². The fourth-order valence-corrected chi connectivity index (χ4v) is 8.53. The highest BCUT2D eigenvalue weighted by Crippen LogP contribution is 2.74. The minimum atomic E-state index is -0.465. The van der Waals surface area contributed by atoms with Crippen molar-refractivity contribution in [1.82, 2.24) is 0 Å². The molecule has 1 spiro atoms. The van der Waals surface area contributed by atoms with Gasteiger partial charge >= 0.3 is 11.9 Å². The Labute approximate surface area is 176 Å². The molecule has 0 aromatic carbocycles. The third kappa shape index (κ3) is 2.07. The molecule has 2 aliphatic heterocycles. The number of hydrogen-bond acceptors (Lipinski definition) is 6. The topological polar surface area (TPSA) is 82.2 Å². The van der Waals surface area contributed by atoms with Gasteiger partial charge in [-0.15, -0.1) is 0 Å². The standard InChI is InChI=1S/C24H30O6/c1-22-7-4-13(25)10-12(22)11-14(21(27)28-3)17-15-5-8-24(9-6-16(26)30-24)23(15,2)20-19(29-20)18(17)22/h11,14-15,17-20H,4-10H2,1-3H3/t14-,15?,17?,18?,19+,20?,22-,23+,24?/m0/s1. The van der Waals surface area contributed by atoms with Crippen LogP contribution in [0, 0.1) is 34.5 Å². The zero-order valence-corrected chi connectivity index (χ0v) is 17.9. The van der Waals surface area contributed by atoms with Gasteiger partial charge in [-0.05, 0) is 42.9 Å². The normalized spacial score (nSPS) is 53.2. The van der Waals surface area contributed by atoms with Crippen molar-refractivity contribution in [2.75, 3.05) is 7.11 Å². The molecule has 30 heavy (non-hydrogen) atoms. The van der Waals surface area contributed by atoms with E-state index < -0.39 is 5.60 Å². The third-order valence-electron chi connectivity index (χ3n) is 10.1. The van der Waals surface area contributed by atoms with E-state index in [1.54, 1.807) is 0 Å². The number of rotatable bonds is 1. The Bertz CT molecular complexity index is 892. The summed E-state index contributed by atoms with van der Waals surface area (Å²) in [6, 6.07) is 0. The number of methoxy groups -OCH3 is 1. The summed E-state index contributed by atoms with van der Waals surface area (Å²) in [6.45, 7) is 4.52. The summed E-state index contributed by atoms with van der Waals surface area (Å²) in [6.07, 6.45) is 7.04. The third-order valence-corrected chi connectivity index (χ3v) is 10.1. The lowest BCUT2D eigenvalue weighted by Crippen LogP contribution is -2.61. The monoisotopic (exact) mass is 414 g/mol. The number of Topliss-reactive ketones (excluding diaryl/α,β-unsaturated/α-hetero) is 1. The second kappa shape index (κ2) is 5.76. The molecule has 6 rings (SSSR count). The van der Waals surface area contributed by atoms with Crippen molar-refractivity contribution in [2.45, 2.75) is 76.6 Å². The first-order chi connectivity index (χ1) is 14.2. The molecule has 0 amide bonds. The molecule has 3 saturated carbocycles. The molecule has 9 atom stereocenters. The first kappa shape index (κ1) is 19.0. The predicted molar refractivity (Wildman–Crippen MR) is 105 cm³/mol. The number of ether oxygens (including phenoxy) is 3. The van der Waals surface area contributed by atoms with E-state index in [0.717, 1.165) is 31.3 Å². The largest absolute Gasteiger partial charge is 0.469 e. The summed E-state index contributed by atoms with van der Waals surface area (Å²) < 4.78 is 17.7. The number of allylic oxidation sites excluding steroid dienone is 1. The van der Waals surface area contributed by atoms with Crippen molar-refractivity contribution >= 4 is 17.7 Å². The maximum atomic E-state index is 13.0. The molecule has 162 valence electrons. The number of fused-ring (bicyclic) bond motifs is 9. The fourth-order valence-electron chi connectivity index (χ4n) is 8.53. The molecule has 0 bridgehead atoms. The Hall–Kier alpha value is -1.69. The van der Waals surface area contributed by atoms with Gasteiger partial charge in [-0.25, -0.2) is 0 Å². The van der Waals surface area contributed by atoms with E-state index in [9.17, 15) is 14.4 Å². The summed E-state index contributed by atoms with van der Waals surface area (Å²) in [7, 11) is 1.45. The molecule has 5 unspecified atom stereocenters. The van der Waals surface area contributed by atoms with Crippen molar-refractivity contribution in [2.24, 2.45) is 34.5 Å². The first-order valence-electron chi connectivity index (χ1n) is 11.4. The van der Waals surface area contributed by atoms with Gasteiger partial charge in [0, 0.05) is 30.6 Å². The van der Waals surface area contributed by atoms with Crippen LogP contribution in [0.4, 0.5) is 0 Å². The molecule has 0 radical (unpaired) electrons. The average molecular weight is 414 g/mol. The van der Waals surface area contributed by atoms with Gasteiger partial charge in [-0.2, -0.15) is 0 Å². The lowest BCUT2D eigenvalue weighted by atomic mass is 9.45. The SMILES string of the molecule is COC(=O)[C@H]1C=C2CC(=O)CC[C@]2(C)C2C1C1CCC3(CCC(=O)O3)[C@@]1(C)C1O[C@@H]12. The summed E-state index contributed by atoms with van der Waals surface area (Å²) in [5.41, 5.74) is 0.246. The van der Waals surface area contributed by atoms with E-state index >= 15 is 0 Å². The minimum absolute atomic E-state index is 0.0552. The Kier molecular flexibility index (Phi) is 3.65. The number of epoxide rings is 1. The Morgan fingerprint density at radius 3 is 2.67 bits per heavy atom. The molecule has 0 N–H and O–H groups in total. The highest BCUT2D eigenvalue weighted by Gasteiger charge is 2.79. The summed E-state index contributed by atoms with van der Waals surface area (Å²) in [4.78, 5) is 37.4. The average Bonchev–Trinajstić information content (AvgIpc) is 3.35. The zero-order valence-electron chi connectivity index (χ0n) is 17.9. The van der Waals surface area contributed by atoms with Crippen molar-refractivity contribution < 1.29 is 28.6 Å². The van der Waals surface area contributed by atoms with E-state index in [1.807, 2.05) is 0 Å². The van der Waals surface area contributed by atoms with Crippen LogP contribution in [-0.4, -0.2) is 42.6 Å². The minimum Gasteiger partial charge on any atom is -0.469 e. The van der Waals surface area contributed by atoms with Crippen LogP contribution < -0.4 is 0 Å². The van der Waals surface area contributed by atoms with Gasteiger partial charge in [0.25, 0.3) is 0 Å². The summed E-state index contributed by atoms with van der Waals surface area (Å²) in [5, 5.41) is 0. The van der Waals surface area contributed by atoms with Crippen LogP contribution in [0.5, 0.6) is 0 Å². The molecule has 0 aromatic heterocycles. The van der Waals surface area contributed by atoms with Gasteiger partial charge in [0.15, 0.2) is 0 Å². The van der Waals surface area contributed by atoms with E-state index in [2.05, 4.69) is 19.9 Å². The number of carbonyl (C=O) groups excluding carboxylic acids is 3. The maximum Gasteiger partial charge on any atom is 0.312 e. The van der Waals surface area contributed by atoms with Crippen LogP contribution in [0.3, 0.4) is 0 Å². The van der Waals surface area contributed by atoms with E-state index in [1.165, 1.54) is 7.11 Å². The Morgan fingerprint density at radius 1 is 1.17 bits per heavy atom. The van der Waals surface area contributed by atoms with Crippen LogP contribution in [-0.2, 0) is 28.6 Å². The maximum absolute atomic E-state index is 13.0. The number of esters is 2. The molecule has 2 heterocycles. The second-order valence-electron chi connectivity index (χ2n) is 10.9. The molecule has 5 fully saturated rings. The highest BCUT2D eigenvalue weighted by molar-refractivity contribution is 5.84. The smallest absolute Gasteiger partial charge is 0.312 e. The number of carbonyl (C=O) groups is 3. The molecular formula is C24H30O6. The van der Waals surface area contributed by atoms with E-state index in [-0.39, 0.29) is 64.4 Å². The van der Waals surface area contributed by atoms with Crippen LogP contribution in [0.15, 0.2) is 11.6 Å². The lowest BCUT2D eigenvalue weighted by molar-refractivity contribution is -0.170. The van der Waals surface area contributed by atoms with E-state index in [4.69, 9.17) is 14.2 Å². The van der Waals surface area contributed by atoms with Crippen LogP contribution >= 0.6 is 0 Å². The van der Waals surface area contributed by atoms with Gasteiger partial charge in [0.1, 0.15) is 11.4 Å². The fraction of sp³-hybridized carbons (Fsp3) is 0.792. The quantitative estimate of drug-likeness (QED) is 0.373. The van der Waals surface area contributed by atoms with Crippen molar-refractivity contribution in [3.05, 3.63) is 11.6 Å². The molecule has 0 aromatic rings. The van der Waals surface area contributed by atoms with Gasteiger partial charge in [0.2, 0.25) is 0 Å². The summed E-state index contributed by atoms with van der Waals surface area (Å²) in [5.74, 6) is 0.0844. The lowest BCUT2D eigenvalue weighted by Gasteiger charge is -2.57. The van der Waals surface area contributed by atoms with Crippen LogP contribution in [0.25, 0.3) is 0 Å². The number of ketones is 1. The molecule has 4 aliphatic carbocycles. The van der Waals surface area contributed by atoms with Crippen LogP contribution in [0.1, 0.15) is 58.8 Å². The van der Waals surface area contributed by atoms with Crippen LogP contribution in [0.2, 0.25) is 0 Å². The number of hydrogen-bond donors (Lipinski definition) is 0. The molecule has 6 nitrogen and oxygen atoms in total. The molecule has 6 heteroatoms. The zero-order chi connectivity index (χ0) is 21.1. The molecular weight excluding hydrogens is 384 g/mol. The Balaban J connectivity index is 1.49. The van der Waals surface area contributed by atoms with Gasteiger partial charge < -0.3 is 14.2 Å². The van der Waals surface area contributed by atoms with Gasteiger partial charge in [-0.1, -0.05) is 25.5 Å². The van der Waals surface area contributed by atoms with Crippen molar-refractivity contribution in [3.63, 3.8) is 0 Å². The summed E-state index contributed by atoms with van der Waals surface area (Å²) >= 11 is 0. The van der Waals surface area contributed by atoms with Gasteiger partial charge in [0.05, 0.1) is 25.2 Å². The highest BCUT2D eigenvalue weighted by atomic mass is 16.6. The van der Waals surface area contributed by atoms with Gasteiger partial charge in [-0.3, -0.25) is 14.4 Å². The van der Waals surface area contributed by atoms with Crippen molar-refractivity contribution in [3.8, 4) is 0 Å². The Morgan fingerprint density at radius 2 is 1.97 bits per heavy atom. The first-order valence-corrected chi connectivity index (χ1v) is 11.4. The second-order valence-corrected chi connectivity index (χ2v) is 10.9.